The average molecular weight is 456 g/mol. The van der Waals surface area contributed by atoms with E-state index in [-0.39, 0.29) is 5.75 Å². The molecule has 2 saturated heterocycles. The molecular weight excluding hydrogens is 426 g/mol. The monoisotopic (exact) mass is 455 g/mol. The molecular formula is C22H29N7O4. The molecule has 0 spiro atoms. The number of carbonyl (C=O) groups is 1. The van der Waals surface area contributed by atoms with E-state index in [1.165, 1.54) is 21.1 Å². The Balaban J connectivity index is 1.56. The van der Waals surface area contributed by atoms with E-state index in [2.05, 4.69) is 30.3 Å². The molecule has 0 atom stereocenters. The highest BCUT2D eigenvalue weighted by Crippen LogP contribution is 2.38. The molecule has 176 valence electrons. The molecule has 0 bridgehead atoms. The highest BCUT2D eigenvalue weighted by molar-refractivity contribution is 5.83. The minimum atomic E-state index is -0.466. The summed E-state index contributed by atoms with van der Waals surface area (Å²) in [5.41, 5.74) is 3.61. The summed E-state index contributed by atoms with van der Waals surface area (Å²) >= 11 is 0. The third kappa shape index (κ3) is 5.41. The van der Waals surface area contributed by atoms with Crippen molar-refractivity contribution < 1.29 is 19.0 Å². The summed E-state index contributed by atoms with van der Waals surface area (Å²) in [7, 11) is 2.98. The van der Waals surface area contributed by atoms with Gasteiger partial charge in [-0.1, -0.05) is 0 Å². The normalized spacial score (nSPS) is 15.8. The number of aromatic nitrogens is 3. The van der Waals surface area contributed by atoms with Gasteiger partial charge in [0.25, 0.3) is 0 Å². The predicted octanol–water partition coefficient (Wildman–Crippen LogP) is 2.46. The number of nitrogens with zero attached hydrogens (tertiary/aromatic N) is 6. The van der Waals surface area contributed by atoms with Crippen molar-refractivity contribution in [2.24, 2.45) is 5.10 Å². The van der Waals surface area contributed by atoms with E-state index in [9.17, 15) is 4.79 Å². The first-order valence-electron chi connectivity index (χ1n) is 11.1. The molecule has 0 saturated carbocycles. The third-order valence-corrected chi connectivity index (χ3v) is 5.50. The zero-order chi connectivity index (χ0) is 23.2. The van der Waals surface area contributed by atoms with Crippen molar-refractivity contribution in [3.63, 3.8) is 0 Å². The number of rotatable bonds is 8. The maximum atomic E-state index is 11.4. The van der Waals surface area contributed by atoms with Crippen molar-refractivity contribution in [1.29, 1.82) is 0 Å². The molecule has 0 radical (unpaired) electrons. The summed E-state index contributed by atoms with van der Waals surface area (Å²) in [6.07, 6.45) is 6.14. The minimum absolute atomic E-state index is 0.223. The van der Waals surface area contributed by atoms with Gasteiger partial charge < -0.3 is 24.0 Å². The number of hydrazone groups is 1. The Hall–Kier alpha value is -3.63. The van der Waals surface area contributed by atoms with Crippen LogP contribution >= 0.6 is 0 Å². The van der Waals surface area contributed by atoms with Crippen LogP contribution in [0.25, 0.3) is 0 Å². The second-order valence-electron chi connectivity index (χ2n) is 7.87. The average Bonchev–Trinajstić information content (AvgIpc) is 3.54. The van der Waals surface area contributed by atoms with Gasteiger partial charge in [0.15, 0.2) is 11.5 Å². The smallest absolute Gasteiger partial charge is 0.308 e. The largest absolute Gasteiger partial charge is 0.493 e. The van der Waals surface area contributed by atoms with Crippen LogP contribution in [0.4, 0.5) is 17.8 Å². The molecule has 33 heavy (non-hydrogen) atoms. The van der Waals surface area contributed by atoms with Gasteiger partial charge in [-0.15, -0.1) is 0 Å². The van der Waals surface area contributed by atoms with Crippen molar-refractivity contribution in [2.75, 3.05) is 55.6 Å². The van der Waals surface area contributed by atoms with Crippen molar-refractivity contribution in [3.8, 4) is 17.2 Å². The molecule has 1 aromatic heterocycles. The van der Waals surface area contributed by atoms with Gasteiger partial charge in [-0.25, -0.2) is 5.43 Å². The maximum absolute atomic E-state index is 11.4. The van der Waals surface area contributed by atoms with Crippen molar-refractivity contribution in [1.82, 2.24) is 15.0 Å². The van der Waals surface area contributed by atoms with Gasteiger partial charge in [0.05, 0.1) is 20.4 Å². The fourth-order valence-corrected chi connectivity index (χ4v) is 3.90. The fourth-order valence-electron chi connectivity index (χ4n) is 3.90. The summed E-state index contributed by atoms with van der Waals surface area (Å²) < 4.78 is 15.9. The molecule has 0 unspecified atom stereocenters. The molecule has 3 heterocycles. The van der Waals surface area contributed by atoms with Crippen LogP contribution < -0.4 is 29.4 Å². The second kappa shape index (κ2) is 10.3. The number of methoxy groups -OCH3 is 2. The van der Waals surface area contributed by atoms with Crippen LogP contribution in [0.5, 0.6) is 17.2 Å². The molecule has 2 aliphatic rings. The van der Waals surface area contributed by atoms with Crippen molar-refractivity contribution >= 4 is 30.0 Å². The number of benzene rings is 1. The number of carbonyl (C=O) groups excluding carboxylic acids is 1. The molecule has 4 rings (SSSR count). The maximum Gasteiger partial charge on any atom is 0.308 e. The summed E-state index contributed by atoms with van der Waals surface area (Å²) in [6.45, 7) is 5.10. The first-order chi connectivity index (χ1) is 16.1. The zero-order valence-electron chi connectivity index (χ0n) is 19.2. The van der Waals surface area contributed by atoms with Crippen LogP contribution in [0.15, 0.2) is 17.2 Å². The van der Waals surface area contributed by atoms with Crippen LogP contribution in [0, 0.1) is 0 Å². The highest BCUT2D eigenvalue weighted by atomic mass is 16.6. The summed E-state index contributed by atoms with van der Waals surface area (Å²) in [4.78, 5) is 29.6. The van der Waals surface area contributed by atoms with E-state index in [0.717, 1.165) is 51.9 Å². The van der Waals surface area contributed by atoms with Crippen molar-refractivity contribution in [3.05, 3.63) is 17.7 Å². The first-order valence-corrected chi connectivity index (χ1v) is 11.1. The number of hydrogen-bond donors (Lipinski definition) is 1. The van der Waals surface area contributed by atoms with Gasteiger partial charge >= 0.3 is 5.97 Å². The molecule has 0 amide bonds. The van der Waals surface area contributed by atoms with Gasteiger partial charge in [0.2, 0.25) is 23.6 Å². The molecule has 2 aromatic rings. The lowest BCUT2D eigenvalue weighted by Crippen LogP contribution is -2.25. The lowest BCUT2D eigenvalue weighted by molar-refractivity contribution is -0.132. The lowest BCUT2D eigenvalue weighted by Gasteiger charge is -2.20. The van der Waals surface area contributed by atoms with E-state index >= 15 is 0 Å². The van der Waals surface area contributed by atoms with E-state index in [1.54, 1.807) is 18.3 Å². The Morgan fingerprint density at radius 1 is 0.939 bits per heavy atom. The summed E-state index contributed by atoms with van der Waals surface area (Å²) in [6, 6.07) is 3.40. The van der Waals surface area contributed by atoms with Crippen LogP contribution in [0.1, 0.15) is 38.2 Å². The molecule has 2 aliphatic heterocycles. The van der Waals surface area contributed by atoms with Crippen molar-refractivity contribution in [2.45, 2.75) is 32.6 Å². The fraction of sp³-hybridized carbons (Fsp3) is 0.500. The van der Waals surface area contributed by atoms with E-state index in [0.29, 0.717) is 34.9 Å². The van der Waals surface area contributed by atoms with E-state index in [4.69, 9.17) is 19.2 Å². The van der Waals surface area contributed by atoms with Gasteiger partial charge in [0, 0.05) is 38.7 Å². The Morgan fingerprint density at radius 2 is 1.45 bits per heavy atom. The Kier molecular flexibility index (Phi) is 7.06. The quantitative estimate of drug-likeness (QED) is 0.275. The molecule has 1 aromatic carbocycles. The second-order valence-corrected chi connectivity index (χ2v) is 7.87. The number of anilines is 3. The number of ether oxygens (including phenoxy) is 3. The van der Waals surface area contributed by atoms with Crippen LogP contribution in [-0.2, 0) is 4.79 Å². The summed E-state index contributed by atoms with van der Waals surface area (Å²) in [5.74, 6) is 2.22. The highest BCUT2D eigenvalue weighted by Gasteiger charge is 2.21. The molecule has 1 N–H and O–H groups in total. The first kappa shape index (κ1) is 22.6. The van der Waals surface area contributed by atoms with E-state index in [1.807, 2.05) is 0 Å². The number of nitrogens with one attached hydrogen (secondary N) is 1. The van der Waals surface area contributed by atoms with Gasteiger partial charge in [-0.3, -0.25) is 4.79 Å². The van der Waals surface area contributed by atoms with Crippen LogP contribution in [0.3, 0.4) is 0 Å². The minimum Gasteiger partial charge on any atom is -0.493 e. The van der Waals surface area contributed by atoms with Gasteiger partial charge in [-0.2, -0.15) is 20.1 Å². The molecule has 11 nitrogen and oxygen atoms in total. The lowest BCUT2D eigenvalue weighted by atomic mass is 10.2. The van der Waals surface area contributed by atoms with E-state index < -0.39 is 5.97 Å². The standard InChI is InChI=1S/C22H29N7O4/c1-15(30)33-19-17(31-2)12-16(13-18(19)32-3)14-23-27-20-24-21(28-8-4-5-9-28)26-22(25-20)29-10-6-7-11-29/h12-14H,4-11H2,1-3H3,(H,24,25,26,27). The Labute approximate surface area is 192 Å². The van der Waals surface area contributed by atoms with Gasteiger partial charge in [0.1, 0.15) is 0 Å². The molecule has 2 fully saturated rings. The predicted molar refractivity (Wildman–Crippen MR) is 125 cm³/mol. The number of hydrogen-bond acceptors (Lipinski definition) is 11. The Bertz CT molecular complexity index is 959. The SMILES string of the molecule is COc1cc(C=NNc2nc(N3CCCC3)nc(N3CCCC3)n2)cc(OC)c1OC(C)=O. The summed E-state index contributed by atoms with van der Waals surface area (Å²) in [5, 5.41) is 4.31. The van der Waals surface area contributed by atoms with Crippen LogP contribution in [-0.4, -0.2) is 67.5 Å². The number of esters is 1. The van der Waals surface area contributed by atoms with Gasteiger partial charge in [-0.05, 0) is 37.8 Å². The molecule has 11 heteroatoms. The Morgan fingerprint density at radius 3 is 1.91 bits per heavy atom. The molecule has 0 aliphatic carbocycles. The zero-order valence-corrected chi connectivity index (χ0v) is 19.2. The third-order valence-electron chi connectivity index (χ3n) is 5.50. The topological polar surface area (TPSA) is 114 Å². The van der Waals surface area contributed by atoms with Crippen LogP contribution in [0.2, 0.25) is 0 Å².